The number of fused-ring (bicyclic) bond motifs is 2. The summed E-state index contributed by atoms with van der Waals surface area (Å²) >= 11 is 0. The second-order valence-electron chi connectivity index (χ2n) is 11.3. The third kappa shape index (κ3) is 1.77. The van der Waals surface area contributed by atoms with E-state index >= 15 is 0 Å². The van der Waals surface area contributed by atoms with Gasteiger partial charge >= 0.3 is 0 Å². The molecule has 170 valence electrons. The molecule has 0 unspecified atom stereocenters. The Morgan fingerprint density at radius 1 is 1.22 bits per heavy atom. The fourth-order valence-electron chi connectivity index (χ4n) is 9.06. The summed E-state index contributed by atoms with van der Waals surface area (Å²) in [6.45, 7) is 2.81. The van der Waals surface area contributed by atoms with Crippen LogP contribution in [0.1, 0.15) is 56.6 Å². The standard InChI is InChI=1S/C26H31NO5/c1-23(14-28)13-24-8-9-26(23,31-3)22-25(24)10-11-27(21(29)15-4-5-15)18(24)12-16-6-7-17(30-2)20(32-22)19(16)25/h6-7,14-15,18,22H,4-5,8-13H2,1-3H3/t18-,22-,23-,24-,25+,26+/m1/s1. The fraction of sp³-hybridized carbons (Fsp3) is 0.692. The number of carbonyl (C=O) groups is 2. The summed E-state index contributed by atoms with van der Waals surface area (Å²) in [6, 6.07) is 4.29. The van der Waals surface area contributed by atoms with Gasteiger partial charge in [0.15, 0.2) is 11.5 Å². The first-order valence-corrected chi connectivity index (χ1v) is 12.1. The van der Waals surface area contributed by atoms with Crippen LogP contribution in [0.3, 0.4) is 0 Å². The number of ether oxygens (including phenoxy) is 3. The first-order valence-electron chi connectivity index (χ1n) is 12.1. The third-order valence-corrected chi connectivity index (χ3v) is 10.5. The Morgan fingerprint density at radius 2 is 2.03 bits per heavy atom. The van der Waals surface area contributed by atoms with E-state index in [0.29, 0.717) is 5.91 Å². The molecule has 1 saturated heterocycles. The average Bonchev–Trinajstić information content (AvgIpc) is 3.58. The van der Waals surface area contributed by atoms with Crippen molar-refractivity contribution in [1.29, 1.82) is 0 Å². The number of hydrogen-bond acceptors (Lipinski definition) is 5. The van der Waals surface area contributed by atoms with Crippen molar-refractivity contribution in [3.63, 3.8) is 0 Å². The molecule has 4 saturated carbocycles. The minimum absolute atomic E-state index is 0.108. The summed E-state index contributed by atoms with van der Waals surface area (Å²) in [5.41, 5.74) is 0.796. The van der Waals surface area contributed by atoms with Gasteiger partial charge in [-0.2, -0.15) is 0 Å². The van der Waals surface area contributed by atoms with Crippen LogP contribution in [-0.4, -0.2) is 55.6 Å². The minimum Gasteiger partial charge on any atom is -0.493 e. The monoisotopic (exact) mass is 437 g/mol. The summed E-state index contributed by atoms with van der Waals surface area (Å²) in [7, 11) is 3.43. The van der Waals surface area contributed by atoms with Crippen molar-refractivity contribution >= 4 is 12.2 Å². The van der Waals surface area contributed by atoms with E-state index in [4.69, 9.17) is 14.2 Å². The molecule has 1 amide bonds. The Hall–Kier alpha value is -2.08. The van der Waals surface area contributed by atoms with Gasteiger partial charge in [0.25, 0.3) is 0 Å². The van der Waals surface area contributed by atoms with Crippen LogP contribution in [0.25, 0.3) is 0 Å². The van der Waals surface area contributed by atoms with Gasteiger partial charge < -0.3 is 23.9 Å². The number of likely N-dealkylation sites (tertiary alicyclic amines) is 1. The maximum Gasteiger partial charge on any atom is 0.225 e. The van der Waals surface area contributed by atoms with Crippen molar-refractivity contribution in [3.8, 4) is 11.5 Å². The molecule has 8 rings (SSSR count). The lowest BCUT2D eigenvalue weighted by Crippen LogP contribution is -2.83. The molecular weight excluding hydrogens is 406 g/mol. The first kappa shape index (κ1) is 19.4. The smallest absolute Gasteiger partial charge is 0.225 e. The summed E-state index contributed by atoms with van der Waals surface area (Å²) in [4.78, 5) is 28.4. The number of hydrogen-bond donors (Lipinski definition) is 0. The van der Waals surface area contributed by atoms with Crippen LogP contribution in [0.15, 0.2) is 12.1 Å². The molecule has 5 aliphatic carbocycles. The Balaban J connectivity index is 1.52. The molecule has 5 fully saturated rings. The highest BCUT2D eigenvalue weighted by Gasteiger charge is 2.83. The Labute approximate surface area is 188 Å². The van der Waals surface area contributed by atoms with Gasteiger partial charge in [0.05, 0.1) is 12.5 Å². The van der Waals surface area contributed by atoms with Gasteiger partial charge in [0, 0.05) is 42.0 Å². The molecule has 32 heavy (non-hydrogen) atoms. The maximum absolute atomic E-state index is 13.4. The molecule has 6 nitrogen and oxygen atoms in total. The predicted octanol–water partition coefficient (Wildman–Crippen LogP) is 3.04. The van der Waals surface area contributed by atoms with Gasteiger partial charge in [-0.15, -0.1) is 0 Å². The molecule has 6 atom stereocenters. The highest BCUT2D eigenvalue weighted by molar-refractivity contribution is 5.82. The Kier molecular flexibility index (Phi) is 3.45. The van der Waals surface area contributed by atoms with Gasteiger partial charge in [0.2, 0.25) is 5.91 Å². The average molecular weight is 438 g/mol. The lowest BCUT2D eigenvalue weighted by atomic mass is 9.32. The van der Waals surface area contributed by atoms with E-state index in [2.05, 4.69) is 17.9 Å². The van der Waals surface area contributed by atoms with E-state index in [1.807, 2.05) is 6.07 Å². The second kappa shape index (κ2) is 5.69. The van der Waals surface area contributed by atoms with Gasteiger partial charge in [-0.3, -0.25) is 4.79 Å². The van der Waals surface area contributed by atoms with Crippen molar-refractivity contribution in [2.24, 2.45) is 16.7 Å². The molecule has 1 aromatic carbocycles. The van der Waals surface area contributed by atoms with Crippen LogP contribution in [0.4, 0.5) is 0 Å². The maximum atomic E-state index is 13.4. The zero-order chi connectivity index (χ0) is 22.1. The number of benzene rings is 1. The first-order chi connectivity index (χ1) is 15.4. The molecule has 6 heteroatoms. The van der Waals surface area contributed by atoms with E-state index in [-0.39, 0.29) is 28.9 Å². The van der Waals surface area contributed by atoms with E-state index in [1.165, 1.54) is 11.1 Å². The molecule has 7 aliphatic rings. The highest BCUT2D eigenvalue weighted by atomic mass is 16.6. The van der Waals surface area contributed by atoms with Crippen LogP contribution in [0.2, 0.25) is 0 Å². The molecule has 1 aromatic rings. The summed E-state index contributed by atoms with van der Waals surface area (Å²) in [6.07, 6.45) is 7.07. The van der Waals surface area contributed by atoms with Crippen molar-refractivity contribution in [2.45, 2.75) is 75.0 Å². The molecule has 2 spiro atoms. The van der Waals surface area contributed by atoms with E-state index in [0.717, 1.165) is 69.3 Å². The highest BCUT2D eigenvalue weighted by Crippen LogP contribution is 2.78. The number of methoxy groups -OCH3 is 2. The number of carbonyl (C=O) groups excluding carboxylic acids is 2. The Bertz CT molecular complexity index is 1070. The quantitative estimate of drug-likeness (QED) is 0.678. The van der Waals surface area contributed by atoms with Crippen LogP contribution < -0.4 is 9.47 Å². The van der Waals surface area contributed by atoms with E-state index in [1.54, 1.807) is 14.2 Å². The summed E-state index contributed by atoms with van der Waals surface area (Å²) in [5.74, 6) is 2.13. The Morgan fingerprint density at radius 3 is 2.72 bits per heavy atom. The lowest BCUT2D eigenvalue weighted by molar-refractivity contribution is -0.292. The van der Waals surface area contributed by atoms with Crippen LogP contribution in [0.5, 0.6) is 11.5 Å². The zero-order valence-electron chi connectivity index (χ0n) is 19.1. The van der Waals surface area contributed by atoms with Crippen molar-refractivity contribution in [2.75, 3.05) is 20.8 Å². The number of rotatable bonds is 4. The molecule has 2 aliphatic heterocycles. The lowest BCUT2D eigenvalue weighted by Gasteiger charge is -2.75. The molecule has 4 bridgehead atoms. The normalized spacial score (nSPS) is 44.7. The van der Waals surface area contributed by atoms with Gasteiger partial charge in [-0.05, 0) is 63.5 Å². The molecule has 0 aromatic heterocycles. The zero-order valence-corrected chi connectivity index (χ0v) is 19.1. The van der Waals surface area contributed by atoms with Gasteiger partial charge in [0.1, 0.15) is 18.0 Å². The minimum atomic E-state index is -0.678. The SMILES string of the molecule is COc1ccc2c3c1O[C@H]1[C@@]4(OC)CC[C@@]5(C[C@]4(C)C=O)[C@@H](C2)N(C(=O)C2CC2)CC[C@]315. The largest absolute Gasteiger partial charge is 0.493 e. The topological polar surface area (TPSA) is 65.1 Å². The molecule has 0 N–H and O–H groups in total. The van der Waals surface area contributed by atoms with Crippen LogP contribution in [-0.2, 0) is 26.2 Å². The molecule has 0 radical (unpaired) electrons. The number of aldehydes is 1. The van der Waals surface area contributed by atoms with Crippen LogP contribution >= 0.6 is 0 Å². The van der Waals surface area contributed by atoms with E-state index in [9.17, 15) is 9.59 Å². The number of piperidine rings is 1. The molecule has 2 heterocycles. The second-order valence-corrected chi connectivity index (χ2v) is 11.3. The van der Waals surface area contributed by atoms with E-state index < -0.39 is 11.0 Å². The number of nitrogens with zero attached hydrogens (tertiary/aromatic N) is 1. The third-order valence-electron chi connectivity index (χ3n) is 10.5. The predicted molar refractivity (Wildman–Crippen MR) is 116 cm³/mol. The van der Waals surface area contributed by atoms with Crippen molar-refractivity contribution < 1.29 is 23.8 Å². The number of amides is 1. The summed E-state index contributed by atoms with van der Waals surface area (Å²) in [5, 5.41) is 0. The fourth-order valence-corrected chi connectivity index (χ4v) is 9.06. The van der Waals surface area contributed by atoms with Gasteiger partial charge in [-0.1, -0.05) is 6.07 Å². The van der Waals surface area contributed by atoms with Crippen molar-refractivity contribution in [3.05, 3.63) is 23.3 Å². The van der Waals surface area contributed by atoms with Crippen LogP contribution in [0, 0.1) is 16.7 Å². The molecular formula is C26H31NO5. The van der Waals surface area contributed by atoms with Crippen molar-refractivity contribution in [1.82, 2.24) is 4.90 Å². The summed E-state index contributed by atoms with van der Waals surface area (Å²) < 4.78 is 18.9. The van der Waals surface area contributed by atoms with Gasteiger partial charge in [-0.25, -0.2) is 0 Å².